The van der Waals surface area contributed by atoms with E-state index >= 15 is 0 Å². The van der Waals surface area contributed by atoms with Gasteiger partial charge in [0.05, 0.1) is 19.8 Å². The molecule has 0 atom stereocenters. The molecule has 0 bridgehead atoms. The molecule has 3 aromatic carbocycles. The Bertz CT molecular complexity index is 1200. The molecule has 0 unspecified atom stereocenters. The molecule has 38 heavy (non-hydrogen) atoms. The summed E-state index contributed by atoms with van der Waals surface area (Å²) in [6.45, 7) is 6.88. The molecule has 0 amide bonds. The predicted molar refractivity (Wildman–Crippen MR) is 145 cm³/mol. The molecule has 1 aliphatic heterocycles. The number of unbranched alkanes of at least 4 members (excludes halogenated alkanes) is 5. The van der Waals surface area contributed by atoms with Gasteiger partial charge in [0.15, 0.2) is 17.9 Å². The van der Waals surface area contributed by atoms with E-state index in [1.807, 2.05) is 6.07 Å². The Morgan fingerprint density at radius 2 is 1.47 bits per heavy atom. The minimum Gasteiger partial charge on any atom is -0.490 e. The fourth-order valence-corrected chi connectivity index (χ4v) is 4.64. The highest BCUT2D eigenvalue weighted by atomic mass is 19.2. The summed E-state index contributed by atoms with van der Waals surface area (Å²) in [7, 11) is 0. The van der Waals surface area contributed by atoms with Crippen molar-refractivity contribution < 1.29 is 27.4 Å². The first-order chi connectivity index (χ1) is 18.5. The molecule has 3 aromatic rings. The third kappa shape index (κ3) is 6.86. The van der Waals surface area contributed by atoms with E-state index in [1.54, 1.807) is 36.4 Å². The van der Waals surface area contributed by atoms with E-state index < -0.39 is 17.9 Å². The Hall–Kier alpha value is -3.09. The van der Waals surface area contributed by atoms with Crippen molar-refractivity contribution in [2.75, 3.05) is 19.8 Å². The molecule has 202 valence electrons. The SMILES string of the molecule is C=CC1OCC(c2ccc(-c3ccc(-c4ccc(OCCCCCCCC)c(F)c4F)cc3)cc2F)CO1. The van der Waals surface area contributed by atoms with Gasteiger partial charge in [0.1, 0.15) is 5.82 Å². The second kappa shape index (κ2) is 13.6. The average Bonchev–Trinajstić information content (AvgIpc) is 2.95. The lowest BCUT2D eigenvalue weighted by molar-refractivity contribution is -0.159. The minimum absolute atomic E-state index is 0.0687. The lowest BCUT2D eigenvalue weighted by Gasteiger charge is -2.28. The minimum atomic E-state index is -0.981. The number of benzene rings is 3. The van der Waals surface area contributed by atoms with Gasteiger partial charge in [0, 0.05) is 11.5 Å². The van der Waals surface area contributed by atoms with E-state index in [-0.39, 0.29) is 23.0 Å². The molecule has 1 fully saturated rings. The zero-order chi connectivity index (χ0) is 26.9. The Kier molecular flexibility index (Phi) is 10.0. The monoisotopic (exact) mass is 524 g/mol. The number of hydrogen-bond acceptors (Lipinski definition) is 3. The van der Waals surface area contributed by atoms with Crippen molar-refractivity contribution in [3.8, 4) is 28.0 Å². The first kappa shape index (κ1) is 27.9. The molecule has 0 aliphatic carbocycles. The molecule has 0 N–H and O–H groups in total. The van der Waals surface area contributed by atoms with Crippen LogP contribution in [0.4, 0.5) is 13.2 Å². The number of hydrogen-bond donors (Lipinski definition) is 0. The molecule has 0 radical (unpaired) electrons. The van der Waals surface area contributed by atoms with Gasteiger partial charge in [-0.05, 0) is 52.9 Å². The number of halogens is 3. The largest absolute Gasteiger partial charge is 0.490 e. The summed E-state index contributed by atoms with van der Waals surface area (Å²) in [6, 6.07) is 15.0. The smallest absolute Gasteiger partial charge is 0.201 e. The van der Waals surface area contributed by atoms with E-state index in [1.165, 1.54) is 37.5 Å². The van der Waals surface area contributed by atoms with Gasteiger partial charge in [-0.2, -0.15) is 4.39 Å². The molecule has 0 saturated carbocycles. The van der Waals surface area contributed by atoms with Gasteiger partial charge in [-0.3, -0.25) is 0 Å². The van der Waals surface area contributed by atoms with E-state index in [9.17, 15) is 13.2 Å². The first-order valence-electron chi connectivity index (χ1n) is 13.4. The fraction of sp³-hybridized carbons (Fsp3) is 0.375. The van der Waals surface area contributed by atoms with Crippen LogP contribution in [0.25, 0.3) is 22.3 Å². The van der Waals surface area contributed by atoms with E-state index in [2.05, 4.69) is 13.5 Å². The topological polar surface area (TPSA) is 27.7 Å². The van der Waals surface area contributed by atoms with Crippen LogP contribution in [0.1, 0.15) is 56.9 Å². The quantitative estimate of drug-likeness (QED) is 0.175. The lowest BCUT2D eigenvalue weighted by Crippen LogP contribution is -2.29. The van der Waals surface area contributed by atoms with Crippen molar-refractivity contribution in [3.05, 3.63) is 90.3 Å². The highest BCUT2D eigenvalue weighted by Gasteiger charge is 2.24. The summed E-state index contributed by atoms with van der Waals surface area (Å²) in [5.74, 6) is -2.53. The number of rotatable bonds is 12. The normalized spacial score (nSPS) is 17.4. The van der Waals surface area contributed by atoms with E-state index in [4.69, 9.17) is 14.2 Å². The van der Waals surface area contributed by atoms with Crippen molar-refractivity contribution >= 4 is 0 Å². The second-order valence-corrected chi connectivity index (χ2v) is 9.64. The lowest BCUT2D eigenvalue weighted by atomic mass is 9.95. The van der Waals surface area contributed by atoms with Gasteiger partial charge in [-0.1, -0.05) is 82.0 Å². The summed E-state index contributed by atoms with van der Waals surface area (Å²) in [5.41, 5.74) is 2.66. The zero-order valence-electron chi connectivity index (χ0n) is 21.9. The van der Waals surface area contributed by atoms with Gasteiger partial charge >= 0.3 is 0 Å². The van der Waals surface area contributed by atoms with Crippen molar-refractivity contribution in [3.63, 3.8) is 0 Å². The summed E-state index contributed by atoms with van der Waals surface area (Å²) in [6.07, 6.45) is 7.66. The Balaban J connectivity index is 1.39. The summed E-state index contributed by atoms with van der Waals surface area (Å²) < 4.78 is 61.0. The van der Waals surface area contributed by atoms with Crippen molar-refractivity contribution in [2.45, 2.75) is 57.7 Å². The molecule has 1 aliphatic rings. The molecule has 3 nitrogen and oxygen atoms in total. The van der Waals surface area contributed by atoms with Crippen LogP contribution in [-0.4, -0.2) is 26.1 Å². The molecule has 6 heteroatoms. The molecule has 1 heterocycles. The van der Waals surface area contributed by atoms with E-state index in [0.717, 1.165) is 24.8 Å². The standard InChI is InChI=1S/C32H35F3O3/c1-3-5-6-7-8-9-18-36-29-17-16-27(31(34)32(29)35)23-12-10-22(11-13-23)24-14-15-26(28(33)19-24)25-20-37-30(4-2)38-21-25/h4,10-17,19,25,30H,2-3,5-9,18,20-21H2,1H3. The summed E-state index contributed by atoms with van der Waals surface area (Å²) in [5, 5.41) is 0. The van der Waals surface area contributed by atoms with E-state index in [0.29, 0.717) is 36.5 Å². The van der Waals surface area contributed by atoms with Gasteiger partial charge in [-0.25, -0.2) is 8.78 Å². The second-order valence-electron chi connectivity index (χ2n) is 9.64. The zero-order valence-corrected chi connectivity index (χ0v) is 21.9. The molecule has 4 rings (SSSR count). The first-order valence-corrected chi connectivity index (χ1v) is 13.4. The maximum absolute atomic E-state index is 14.9. The maximum atomic E-state index is 14.9. The summed E-state index contributed by atoms with van der Waals surface area (Å²) in [4.78, 5) is 0. The molecule has 0 spiro atoms. The highest BCUT2D eigenvalue weighted by Crippen LogP contribution is 2.33. The van der Waals surface area contributed by atoms with Crippen LogP contribution in [0, 0.1) is 17.5 Å². The third-order valence-electron chi connectivity index (χ3n) is 6.89. The van der Waals surface area contributed by atoms with Crippen LogP contribution >= 0.6 is 0 Å². The highest BCUT2D eigenvalue weighted by molar-refractivity contribution is 5.71. The Morgan fingerprint density at radius 3 is 2.16 bits per heavy atom. The molecule has 0 aromatic heterocycles. The van der Waals surface area contributed by atoms with Crippen LogP contribution < -0.4 is 4.74 Å². The molecular weight excluding hydrogens is 489 g/mol. The average molecular weight is 525 g/mol. The van der Waals surface area contributed by atoms with Crippen LogP contribution in [0.2, 0.25) is 0 Å². The molecular formula is C32H35F3O3. The molecule has 1 saturated heterocycles. The Morgan fingerprint density at radius 1 is 0.816 bits per heavy atom. The maximum Gasteiger partial charge on any atom is 0.201 e. The number of ether oxygens (including phenoxy) is 3. The van der Waals surface area contributed by atoms with Crippen molar-refractivity contribution in [1.29, 1.82) is 0 Å². The third-order valence-corrected chi connectivity index (χ3v) is 6.89. The Labute approximate surface area is 223 Å². The summed E-state index contributed by atoms with van der Waals surface area (Å²) >= 11 is 0. The van der Waals surface area contributed by atoms with Crippen LogP contribution in [0.5, 0.6) is 5.75 Å². The van der Waals surface area contributed by atoms with Crippen LogP contribution in [0.15, 0.2) is 67.3 Å². The predicted octanol–water partition coefficient (Wildman–Crippen LogP) is 8.82. The van der Waals surface area contributed by atoms with Gasteiger partial charge in [0.2, 0.25) is 5.82 Å². The van der Waals surface area contributed by atoms with Gasteiger partial charge in [0.25, 0.3) is 0 Å². The van der Waals surface area contributed by atoms with Crippen molar-refractivity contribution in [2.24, 2.45) is 0 Å². The van der Waals surface area contributed by atoms with Crippen molar-refractivity contribution in [1.82, 2.24) is 0 Å². The van der Waals surface area contributed by atoms with Crippen LogP contribution in [0.3, 0.4) is 0 Å². The van der Waals surface area contributed by atoms with Gasteiger partial charge in [-0.15, -0.1) is 0 Å². The van der Waals surface area contributed by atoms with Crippen LogP contribution in [-0.2, 0) is 9.47 Å². The fourth-order valence-electron chi connectivity index (χ4n) is 4.64. The van der Waals surface area contributed by atoms with Gasteiger partial charge < -0.3 is 14.2 Å².